The van der Waals surface area contributed by atoms with Gasteiger partial charge >= 0.3 is 5.97 Å². The van der Waals surface area contributed by atoms with E-state index in [1.165, 1.54) is 11.3 Å². The third-order valence-corrected chi connectivity index (χ3v) is 3.90. The number of carboxylic acids is 1. The molecule has 1 heterocycles. The topological polar surface area (TPSA) is 68.7 Å². The van der Waals surface area contributed by atoms with Crippen molar-refractivity contribution in [3.05, 3.63) is 28.1 Å². The summed E-state index contributed by atoms with van der Waals surface area (Å²) in [5.41, 5.74) is 1.54. The first-order valence-corrected chi connectivity index (χ1v) is 7.94. The number of benzene rings is 1. The molecule has 22 heavy (non-hydrogen) atoms. The van der Waals surface area contributed by atoms with Crippen LogP contribution in [0.2, 0.25) is 0 Å². The number of carboxylic acid groups (broad SMARTS) is 1. The normalized spacial score (nSPS) is 10.5. The summed E-state index contributed by atoms with van der Waals surface area (Å²) < 4.78 is 11.2. The minimum atomic E-state index is -0.860. The van der Waals surface area contributed by atoms with E-state index in [1.807, 2.05) is 39.0 Å². The molecule has 0 aliphatic heterocycles. The van der Waals surface area contributed by atoms with Crippen LogP contribution in [0.1, 0.15) is 23.7 Å². The molecule has 2 rings (SSSR count). The molecule has 0 saturated heterocycles. The maximum Gasteiger partial charge on any atom is 0.308 e. The molecule has 1 aromatic heterocycles. The summed E-state index contributed by atoms with van der Waals surface area (Å²) in [6.45, 7) is 6.78. The van der Waals surface area contributed by atoms with E-state index in [4.69, 9.17) is 14.6 Å². The molecule has 0 aliphatic carbocycles. The van der Waals surface area contributed by atoms with E-state index in [0.29, 0.717) is 30.4 Å². The van der Waals surface area contributed by atoms with Crippen LogP contribution >= 0.6 is 11.3 Å². The van der Waals surface area contributed by atoms with Gasteiger partial charge in [0.25, 0.3) is 0 Å². The average molecular weight is 321 g/mol. The Bertz CT molecular complexity index is 666. The van der Waals surface area contributed by atoms with Crippen molar-refractivity contribution in [1.82, 2.24) is 4.98 Å². The Balaban J connectivity index is 2.44. The standard InChI is InChI=1S/C16H19NO4S/c1-4-20-12-7-6-11(8-13(12)21-5-2)16-14(9-15(18)19)22-10(3)17-16/h6-8H,4-5,9H2,1-3H3,(H,18,19). The van der Waals surface area contributed by atoms with E-state index >= 15 is 0 Å². The van der Waals surface area contributed by atoms with Crippen molar-refractivity contribution >= 4 is 17.3 Å². The zero-order chi connectivity index (χ0) is 16.1. The molecule has 1 aromatic carbocycles. The molecule has 5 nitrogen and oxygen atoms in total. The summed E-state index contributed by atoms with van der Waals surface area (Å²) in [5.74, 6) is 0.467. The van der Waals surface area contributed by atoms with Gasteiger partial charge in [0.1, 0.15) is 0 Å². The molecule has 0 atom stereocenters. The lowest BCUT2D eigenvalue weighted by molar-refractivity contribution is -0.136. The van der Waals surface area contributed by atoms with E-state index in [-0.39, 0.29) is 6.42 Å². The highest BCUT2D eigenvalue weighted by molar-refractivity contribution is 7.12. The second-order valence-electron chi connectivity index (χ2n) is 4.60. The largest absolute Gasteiger partial charge is 0.490 e. The average Bonchev–Trinajstić information content (AvgIpc) is 2.81. The minimum absolute atomic E-state index is 0.0297. The molecular weight excluding hydrogens is 302 g/mol. The van der Waals surface area contributed by atoms with Gasteiger partial charge in [-0.25, -0.2) is 4.98 Å². The fraction of sp³-hybridized carbons (Fsp3) is 0.375. The lowest BCUT2D eigenvalue weighted by Gasteiger charge is -2.12. The zero-order valence-corrected chi connectivity index (χ0v) is 13.7. The van der Waals surface area contributed by atoms with Crippen LogP contribution in [0.25, 0.3) is 11.3 Å². The summed E-state index contributed by atoms with van der Waals surface area (Å²) in [7, 11) is 0. The molecule has 0 fully saturated rings. The van der Waals surface area contributed by atoms with Crippen LogP contribution in [0, 0.1) is 6.92 Å². The molecule has 0 amide bonds. The first kappa shape index (κ1) is 16.3. The number of aryl methyl sites for hydroxylation is 1. The number of rotatable bonds is 7. The molecule has 1 N–H and O–H groups in total. The van der Waals surface area contributed by atoms with E-state index in [2.05, 4.69) is 4.98 Å². The summed E-state index contributed by atoms with van der Waals surface area (Å²) in [6.07, 6.45) is -0.0297. The summed E-state index contributed by atoms with van der Waals surface area (Å²) in [4.78, 5) is 16.2. The maximum absolute atomic E-state index is 11.0. The van der Waals surface area contributed by atoms with Gasteiger partial charge in [-0.2, -0.15) is 0 Å². The third kappa shape index (κ3) is 3.76. The van der Waals surface area contributed by atoms with Crippen molar-refractivity contribution in [2.24, 2.45) is 0 Å². The van der Waals surface area contributed by atoms with Crippen molar-refractivity contribution in [2.45, 2.75) is 27.2 Å². The Morgan fingerprint density at radius 2 is 1.91 bits per heavy atom. The first-order chi connectivity index (χ1) is 10.5. The molecule has 0 radical (unpaired) electrons. The molecule has 2 aromatic rings. The summed E-state index contributed by atoms with van der Waals surface area (Å²) in [5, 5.41) is 9.88. The van der Waals surface area contributed by atoms with Crippen LogP contribution in [-0.2, 0) is 11.2 Å². The summed E-state index contributed by atoms with van der Waals surface area (Å²) in [6, 6.07) is 5.57. The van der Waals surface area contributed by atoms with Gasteiger partial charge in [0.05, 0.1) is 30.3 Å². The molecule has 0 saturated carbocycles. The van der Waals surface area contributed by atoms with Crippen molar-refractivity contribution in [3.63, 3.8) is 0 Å². The molecule has 118 valence electrons. The highest BCUT2D eigenvalue weighted by Gasteiger charge is 2.16. The number of hydrogen-bond donors (Lipinski definition) is 1. The number of nitrogens with zero attached hydrogens (tertiary/aromatic N) is 1. The van der Waals surface area contributed by atoms with Gasteiger partial charge < -0.3 is 14.6 Å². The number of carbonyl (C=O) groups is 1. The van der Waals surface area contributed by atoms with Gasteiger partial charge in [0, 0.05) is 10.4 Å². The predicted molar refractivity (Wildman–Crippen MR) is 86.0 cm³/mol. The van der Waals surface area contributed by atoms with Gasteiger partial charge in [-0.15, -0.1) is 11.3 Å². The van der Waals surface area contributed by atoms with Crippen LogP contribution < -0.4 is 9.47 Å². The van der Waals surface area contributed by atoms with Gasteiger partial charge in [0.2, 0.25) is 0 Å². The number of aliphatic carboxylic acids is 1. The van der Waals surface area contributed by atoms with Crippen molar-refractivity contribution < 1.29 is 19.4 Å². The molecule has 0 spiro atoms. The molecule has 0 bridgehead atoms. The highest BCUT2D eigenvalue weighted by atomic mass is 32.1. The molecule has 6 heteroatoms. The van der Waals surface area contributed by atoms with Crippen LogP contribution in [0.5, 0.6) is 11.5 Å². The number of aromatic nitrogens is 1. The fourth-order valence-electron chi connectivity index (χ4n) is 2.15. The Labute approximate surface area is 133 Å². The zero-order valence-electron chi connectivity index (χ0n) is 12.9. The van der Waals surface area contributed by atoms with Crippen molar-refractivity contribution in [1.29, 1.82) is 0 Å². The minimum Gasteiger partial charge on any atom is -0.490 e. The van der Waals surface area contributed by atoms with Crippen LogP contribution in [0.3, 0.4) is 0 Å². The fourth-order valence-corrected chi connectivity index (χ4v) is 3.10. The van der Waals surface area contributed by atoms with Gasteiger partial charge in [-0.05, 0) is 39.0 Å². The van der Waals surface area contributed by atoms with Crippen molar-refractivity contribution in [3.8, 4) is 22.8 Å². The van der Waals surface area contributed by atoms with E-state index in [1.54, 1.807) is 0 Å². The van der Waals surface area contributed by atoms with Crippen LogP contribution in [0.15, 0.2) is 18.2 Å². The number of ether oxygens (including phenoxy) is 2. The molecule has 0 aliphatic rings. The maximum atomic E-state index is 11.0. The Kier molecular flexibility index (Phi) is 5.38. The third-order valence-electron chi connectivity index (χ3n) is 2.93. The first-order valence-electron chi connectivity index (χ1n) is 7.13. The second-order valence-corrected chi connectivity index (χ2v) is 5.89. The van der Waals surface area contributed by atoms with Crippen LogP contribution in [-0.4, -0.2) is 29.3 Å². The van der Waals surface area contributed by atoms with Crippen LogP contribution in [0.4, 0.5) is 0 Å². The van der Waals surface area contributed by atoms with E-state index in [9.17, 15) is 4.79 Å². The molecule has 0 unspecified atom stereocenters. The Morgan fingerprint density at radius 3 is 2.55 bits per heavy atom. The number of thiazole rings is 1. The lowest BCUT2D eigenvalue weighted by Crippen LogP contribution is -2.01. The Morgan fingerprint density at radius 1 is 1.23 bits per heavy atom. The predicted octanol–water partition coefficient (Wildman–Crippen LogP) is 3.54. The lowest BCUT2D eigenvalue weighted by atomic mass is 10.1. The highest BCUT2D eigenvalue weighted by Crippen LogP contribution is 2.35. The molecular formula is C16H19NO4S. The summed E-state index contributed by atoms with van der Waals surface area (Å²) >= 11 is 1.41. The van der Waals surface area contributed by atoms with Gasteiger partial charge in [-0.1, -0.05) is 0 Å². The number of hydrogen-bond acceptors (Lipinski definition) is 5. The van der Waals surface area contributed by atoms with E-state index < -0.39 is 5.97 Å². The second kappa shape index (κ2) is 7.26. The van der Waals surface area contributed by atoms with Crippen molar-refractivity contribution in [2.75, 3.05) is 13.2 Å². The van der Waals surface area contributed by atoms with Gasteiger partial charge in [-0.3, -0.25) is 4.79 Å². The SMILES string of the molecule is CCOc1ccc(-c2nc(C)sc2CC(=O)O)cc1OCC. The Hall–Kier alpha value is -2.08. The van der Waals surface area contributed by atoms with E-state index in [0.717, 1.165) is 15.4 Å². The smallest absolute Gasteiger partial charge is 0.308 e. The van der Waals surface area contributed by atoms with Gasteiger partial charge in [0.15, 0.2) is 11.5 Å². The quantitative estimate of drug-likeness (QED) is 0.844. The monoisotopic (exact) mass is 321 g/mol.